The van der Waals surface area contributed by atoms with Gasteiger partial charge in [-0.3, -0.25) is 9.59 Å². The zero-order chi connectivity index (χ0) is 14.9. The number of hydrogen-bond acceptors (Lipinski definition) is 5. The van der Waals surface area contributed by atoms with E-state index < -0.39 is 5.63 Å². The van der Waals surface area contributed by atoms with Crippen LogP contribution >= 0.6 is 0 Å². The summed E-state index contributed by atoms with van der Waals surface area (Å²) in [5.41, 5.74) is -0.421. The van der Waals surface area contributed by atoms with Crippen molar-refractivity contribution in [2.45, 2.75) is 20.8 Å². The summed E-state index contributed by atoms with van der Waals surface area (Å²) in [6.07, 6.45) is 0. The Morgan fingerprint density at radius 3 is 2.50 bits per heavy atom. The van der Waals surface area contributed by atoms with E-state index in [0.717, 1.165) is 0 Å². The van der Waals surface area contributed by atoms with Crippen LogP contribution in [0.25, 0.3) is 11.0 Å². The molecule has 20 heavy (non-hydrogen) atoms. The van der Waals surface area contributed by atoms with Crippen LogP contribution in [0.4, 0.5) is 0 Å². The molecule has 0 N–H and O–H groups in total. The SMILES string of the molecule is CC(=O)c1cc2ccc(OC(=O)C(C)C)cc2oc1=O. The molecule has 0 amide bonds. The third-order valence-electron chi connectivity index (χ3n) is 2.78. The molecule has 0 bridgehead atoms. The minimum Gasteiger partial charge on any atom is -0.426 e. The molecule has 0 fully saturated rings. The first-order chi connectivity index (χ1) is 9.38. The minimum absolute atomic E-state index is 0.00410. The highest BCUT2D eigenvalue weighted by Crippen LogP contribution is 2.21. The molecule has 0 aliphatic rings. The highest BCUT2D eigenvalue weighted by Gasteiger charge is 2.13. The molecule has 1 aromatic carbocycles. The third kappa shape index (κ3) is 2.77. The molecule has 2 rings (SSSR count). The molecule has 2 aromatic rings. The van der Waals surface area contributed by atoms with Gasteiger partial charge in [-0.15, -0.1) is 0 Å². The second-order valence-corrected chi connectivity index (χ2v) is 4.78. The van der Waals surface area contributed by atoms with Gasteiger partial charge in [0.2, 0.25) is 0 Å². The summed E-state index contributed by atoms with van der Waals surface area (Å²) in [4.78, 5) is 34.4. The molecule has 0 radical (unpaired) electrons. The number of benzene rings is 1. The van der Waals surface area contributed by atoms with Crippen molar-refractivity contribution < 1.29 is 18.7 Å². The predicted molar refractivity (Wildman–Crippen MR) is 73.0 cm³/mol. The van der Waals surface area contributed by atoms with Crippen LogP contribution in [0.1, 0.15) is 31.1 Å². The first-order valence-corrected chi connectivity index (χ1v) is 6.19. The molecule has 5 heteroatoms. The molecule has 0 saturated heterocycles. The van der Waals surface area contributed by atoms with E-state index in [1.165, 1.54) is 19.1 Å². The van der Waals surface area contributed by atoms with Gasteiger partial charge < -0.3 is 9.15 Å². The Hall–Kier alpha value is -2.43. The van der Waals surface area contributed by atoms with E-state index in [9.17, 15) is 14.4 Å². The van der Waals surface area contributed by atoms with Crippen LogP contribution in [0.3, 0.4) is 0 Å². The van der Waals surface area contributed by atoms with Gasteiger partial charge >= 0.3 is 11.6 Å². The third-order valence-corrected chi connectivity index (χ3v) is 2.78. The highest BCUT2D eigenvalue weighted by atomic mass is 16.5. The first kappa shape index (κ1) is 14.0. The predicted octanol–water partition coefficient (Wildman–Crippen LogP) is 2.56. The number of Topliss-reactive ketones (excluding diaryl/α,β-unsaturated/α-hetero) is 1. The van der Waals surface area contributed by atoms with Gasteiger partial charge in [-0.1, -0.05) is 13.8 Å². The van der Waals surface area contributed by atoms with Crippen LogP contribution in [-0.2, 0) is 4.79 Å². The van der Waals surface area contributed by atoms with E-state index in [1.807, 2.05) is 0 Å². The summed E-state index contributed by atoms with van der Waals surface area (Å²) in [5.74, 6) is -0.671. The Bertz CT molecular complexity index is 740. The second kappa shape index (κ2) is 5.28. The van der Waals surface area contributed by atoms with Crippen molar-refractivity contribution in [3.05, 3.63) is 40.2 Å². The lowest BCUT2D eigenvalue weighted by Crippen LogP contribution is -2.15. The number of rotatable bonds is 3. The van der Waals surface area contributed by atoms with Crippen molar-refractivity contribution in [2.75, 3.05) is 0 Å². The van der Waals surface area contributed by atoms with Crippen molar-refractivity contribution in [2.24, 2.45) is 5.92 Å². The summed E-state index contributed by atoms with van der Waals surface area (Å²) in [5, 5.41) is 0.596. The van der Waals surface area contributed by atoms with Gasteiger partial charge in [0.15, 0.2) is 5.78 Å². The Morgan fingerprint density at radius 1 is 1.20 bits per heavy atom. The Kier molecular flexibility index (Phi) is 3.70. The van der Waals surface area contributed by atoms with Crippen LogP contribution < -0.4 is 10.4 Å². The average Bonchev–Trinajstić information content (AvgIpc) is 2.37. The van der Waals surface area contributed by atoms with Gasteiger partial charge in [0.05, 0.1) is 5.92 Å². The summed E-state index contributed by atoms with van der Waals surface area (Å²) in [7, 11) is 0. The maximum Gasteiger partial charge on any atom is 0.347 e. The maximum atomic E-state index is 11.6. The number of carbonyl (C=O) groups is 2. The molecule has 0 atom stereocenters. The molecular weight excluding hydrogens is 260 g/mol. The number of hydrogen-bond donors (Lipinski definition) is 0. The summed E-state index contributed by atoms with van der Waals surface area (Å²) in [6, 6.07) is 6.15. The zero-order valence-corrected chi connectivity index (χ0v) is 11.4. The lowest BCUT2D eigenvalue weighted by Gasteiger charge is -2.07. The van der Waals surface area contributed by atoms with Gasteiger partial charge in [0.1, 0.15) is 16.9 Å². The van der Waals surface area contributed by atoms with E-state index >= 15 is 0 Å². The Morgan fingerprint density at radius 2 is 1.90 bits per heavy atom. The highest BCUT2D eigenvalue weighted by molar-refractivity contribution is 5.96. The molecular formula is C15H14O5. The van der Waals surface area contributed by atoms with Crippen LogP contribution in [-0.4, -0.2) is 11.8 Å². The standard InChI is InChI=1S/C15H14O5/c1-8(2)14(17)19-11-5-4-10-6-12(9(3)16)15(18)20-13(10)7-11/h4-8H,1-3H3. The van der Waals surface area contributed by atoms with E-state index in [0.29, 0.717) is 11.1 Å². The molecule has 0 aliphatic heterocycles. The van der Waals surface area contributed by atoms with Gasteiger partial charge in [-0.25, -0.2) is 4.79 Å². The quantitative estimate of drug-likeness (QED) is 0.372. The van der Waals surface area contributed by atoms with E-state index in [-0.39, 0.29) is 28.8 Å². The second-order valence-electron chi connectivity index (χ2n) is 4.78. The first-order valence-electron chi connectivity index (χ1n) is 6.19. The fourth-order valence-corrected chi connectivity index (χ4v) is 1.63. The minimum atomic E-state index is -0.697. The van der Waals surface area contributed by atoms with Gasteiger partial charge in [-0.2, -0.15) is 0 Å². The molecule has 0 aliphatic carbocycles. The fraction of sp³-hybridized carbons (Fsp3) is 0.267. The van der Waals surface area contributed by atoms with Gasteiger partial charge in [0.25, 0.3) is 0 Å². The van der Waals surface area contributed by atoms with E-state index in [4.69, 9.17) is 9.15 Å². The van der Waals surface area contributed by atoms with E-state index in [1.54, 1.807) is 26.0 Å². The molecule has 0 spiro atoms. The van der Waals surface area contributed by atoms with Gasteiger partial charge in [-0.05, 0) is 25.1 Å². The lowest BCUT2D eigenvalue weighted by molar-refractivity contribution is -0.137. The van der Waals surface area contributed by atoms with Crippen molar-refractivity contribution in [3.8, 4) is 5.75 Å². The fourth-order valence-electron chi connectivity index (χ4n) is 1.63. The number of ether oxygens (including phenoxy) is 1. The van der Waals surface area contributed by atoms with E-state index in [2.05, 4.69) is 0 Å². The average molecular weight is 274 g/mol. The maximum absolute atomic E-state index is 11.6. The number of fused-ring (bicyclic) bond motifs is 1. The number of carbonyl (C=O) groups excluding carboxylic acids is 2. The summed E-state index contributed by atoms with van der Waals surface area (Å²) >= 11 is 0. The summed E-state index contributed by atoms with van der Waals surface area (Å²) in [6.45, 7) is 4.75. The number of ketones is 1. The molecule has 104 valence electrons. The normalized spacial score (nSPS) is 10.8. The molecule has 0 unspecified atom stereocenters. The topological polar surface area (TPSA) is 73.6 Å². The van der Waals surface area contributed by atoms with Crippen LogP contribution in [0, 0.1) is 5.92 Å². The number of esters is 1. The van der Waals surface area contributed by atoms with Crippen LogP contribution in [0.5, 0.6) is 5.75 Å². The van der Waals surface area contributed by atoms with Gasteiger partial charge in [0, 0.05) is 11.5 Å². The van der Waals surface area contributed by atoms with Crippen molar-refractivity contribution in [3.63, 3.8) is 0 Å². The van der Waals surface area contributed by atoms with Crippen molar-refractivity contribution in [1.82, 2.24) is 0 Å². The lowest BCUT2D eigenvalue weighted by atomic mass is 10.1. The Labute approximate surface area is 115 Å². The Balaban J connectivity index is 2.45. The molecule has 1 aromatic heterocycles. The largest absolute Gasteiger partial charge is 0.426 e. The van der Waals surface area contributed by atoms with Crippen molar-refractivity contribution in [1.29, 1.82) is 0 Å². The molecule has 1 heterocycles. The molecule has 0 saturated carbocycles. The zero-order valence-electron chi connectivity index (χ0n) is 11.4. The molecule has 5 nitrogen and oxygen atoms in total. The monoisotopic (exact) mass is 274 g/mol. The smallest absolute Gasteiger partial charge is 0.347 e. The summed E-state index contributed by atoms with van der Waals surface area (Å²) < 4.78 is 10.2. The van der Waals surface area contributed by atoms with Crippen molar-refractivity contribution >= 4 is 22.7 Å². The van der Waals surface area contributed by atoms with Crippen LogP contribution in [0.2, 0.25) is 0 Å². The van der Waals surface area contributed by atoms with Crippen LogP contribution in [0.15, 0.2) is 33.5 Å².